The van der Waals surface area contributed by atoms with Crippen LogP contribution in [-0.4, -0.2) is 16.6 Å². The van der Waals surface area contributed by atoms with Gasteiger partial charge in [-0.05, 0) is 11.4 Å². The highest BCUT2D eigenvalue weighted by atomic mass is 32.2. The van der Waals surface area contributed by atoms with Gasteiger partial charge in [0.2, 0.25) is 5.91 Å². The average molecular weight is 313 g/mol. The van der Waals surface area contributed by atoms with Crippen molar-refractivity contribution < 1.29 is 4.79 Å². The van der Waals surface area contributed by atoms with Crippen LogP contribution in [0.2, 0.25) is 0 Å². The number of nitrogens with one attached hydrogen (secondary N) is 2. The summed E-state index contributed by atoms with van der Waals surface area (Å²) >= 11 is 4.28. The van der Waals surface area contributed by atoms with E-state index in [9.17, 15) is 9.59 Å². The molecule has 1 amide bonds. The Morgan fingerprint density at radius 3 is 3.05 bits per heavy atom. The van der Waals surface area contributed by atoms with Gasteiger partial charge in [-0.1, -0.05) is 17.4 Å². The van der Waals surface area contributed by atoms with Crippen LogP contribution in [0.15, 0.2) is 27.3 Å². The van der Waals surface area contributed by atoms with Crippen LogP contribution in [0.3, 0.4) is 0 Å². The first kappa shape index (κ1) is 12.9. The van der Waals surface area contributed by atoms with Crippen LogP contribution in [0.5, 0.6) is 0 Å². The number of hydrogen-bond acceptors (Lipinski definition) is 6. The Balaban J connectivity index is 2.10. The number of aromatic amines is 1. The monoisotopic (exact) mass is 313 g/mol. The third-order valence-corrected chi connectivity index (χ3v) is 6.25. The first-order chi connectivity index (χ1) is 9.20. The summed E-state index contributed by atoms with van der Waals surface area (Å²) in [4.78, 5) is 28.3. The third kappa shape index (κ3) is 2.25. The van der Waals surface area contributed by atoms with Crippen molar-refractivity contribution in [2.24, 2.45) is 11.8 Å². The van der Waals surface area contributed by atoms with Gasteiger partial charge < -0.3 is 4.98 Å². The van der Waals surface area contributed by atoms with E-state index in [-0.39, 0.29) is 22.6 Å². The molecule has 1 aliphatic heterocycles. The molecule has 2 aromatic rings. The van der Waals surface area contributed by atoms with E-state index in [1.54, 1.807) is 11.3 Å². The summed E-state index contributed by atoms with van der Waals surface area (Å²) < 4.78 is 0. The average Bonchev–Trinajstić information content (AvgIpc) is 3.04. The van der Waals surface area contributed by atoms with Crippen molar-refractivity contribution in [2.75, 3.05) is 5.75 Å². The molecule has 4 N–H and O–H groups in total. The first-order valence-corrected chi connectivity index (χ1v) is 8.28. The molecule has 1 aliphatic rings. The number of carbonyl (C=O) groups is 1. The highest BCUT2D eigenvalue weighted by molar-refractivity contribution is 7.99. The lowest BCUT2D eigenvalue weighted by atomic mass is 9.90. The Hall–Kier alpha value is -1.09. The molecular formula is C11H11N3O2S3. The second kappa shape index (κ2) is 5.12. The number of H-pyrrole nitrogens is 1. The van der Waals surface area contributed by atoms with Crippen molar-refractivity contribution in [3.05, 3.63) is 36.9 Å². The molecule has 0 saturated carbocycles. The minimum Gasteiger partial charge on any atom is -0.307 e. The van der Waals surface area contributed by atoms with Gasteiger partial charge in [0.05, 0.1) is 10.9 Å². The van der Waals surface area contributed by atoms with Gasteiger partial charge in [-0.2, -0.15) is 0 Å². The molecule has 2 aromatic heterocycles. The number of thiazole rings is 1. The van der Waals surface area contributed by atoms with Gasteiger partial charge in [0.15, 0.2) is 0 Å². The number of fused-ring (bicyclic) bond motifs is 1. The van der Waals surface area contributed by atoms with E-state index >= 15 is 0 Å². The number of thioether (sulfide) groups is 1. The maximum absolute atomic E-state index is 12.0. The van der Waals surface area contributed by atoms with Crippen molar-refractivity contribution in [1.82, 2.24) is 10.4 Å². The summed E-state index contributed by atoms with van der Waals surface area (Å²) in [6.45, 7) is 0. The molecule has 0 fully saturated rings. The maximum Gasteiger partial charge on any atom is 0.305 e. The van der Waals surface area contributed by atoms with E-state index in [2.05, 4.69) is 10.4 Å². The van der Waals surface area contributed by atoms with Crippen molar-refractivity contribution in [3.8, 4) is 0 Å². The van der Waals surface area contributed by atoms with E-state index in [1.807, 2.05) is 17.5 Å². The molecule has 2 atom stereocenters. The molecule has 0 spiro atoms. The molecule has 2 unspecified atom stereocenters. The molecule has 19 heavy (non-hydrogen) atoms. The largest absolute Gasteiger partial charge is 0.307 e. The van der Waals surface area contributed by atoms with Crippen LogP contribution in [-0.2, 0) is 4.79 Å². The molecule has 0 bridgehead atoms. The van der Waals surface area contributed by atoms with Gasteiger partial charge in [-0.3, -0.25) is 15.0 Å². The predicted molar refractivity (Wildman–Crippen MR) is 77.6 cm³/mol. The van der Waals surface area contributed by atoms with Gasteiger partial charge >= 0.3 is 4.87 Å². The summed E-state index contributed by atoms with van der Waals surface area (Å²) in [5.74, 6) is 5.38. The second-order valence-corrected chi connectivity index (χ2v) is 7.15. The standard InChI is InChI=1S/C11H11N3O2S3/c12-14-9(15)5-4-18-10-8(19-11(16)13-10)7(5)6-2-1-3-17-6/h1-3,5,7H,4,12H2,(H,13,16)(H,14,15). The smallest absolute Gasteiger partial charge is 0.305 e. The number of carbonyl (C=O) groups excluding carboxylic acids is 1. The summed E-state index contributed by atoms with van der Waals surface area (Å²) in [6.07, 6.45) is 0. The lowest BCUT2D eigenvalue weighted by molar-refractivity contribution is -0.124. The zero-order valence-electron chi connectivity index (χ0n) is 9.71. The topological polar surface area (TPSA) is 88.0 Å². The lowest BCUT2D eigenvalue weighted by Crippen LogP contribution is -2.40. The zero-order valence-corrected chi connectivity index (χ0v) is 12.2. The molecule has 3 heterocycles. The maximum atomic E-state index is 12.0. The van der Waals surface area contributed by atoms with Crippen LogP contribution >= 0.6 is 34.4 Å². The number of amides is 1. The van der Waals surface area contributed by atoms with E-state index in [1.165, 1.54) is 23.1 Å². The number of rotatable bonds is 2. The van der Waals surface area contributed by atoms with Crippen molar-refractivity contribution in [1.29, 1.82) is 0 Å². The summed E-state index contributed by atoms with van der Waals surface area (Å²) in [5.41, 5.74) is 2.23. The van der Waals surface area contributed by atoms with Gasteiger partial charge in [0.25, 0.3) is 0 Å². The quantitative estimate of drug-likeness (QED) is 0.443. The molecule has 3 rings (SSSR count). The second-order valence-electron chi connectivity index (χ2n) is 4.13. The van der Waals surface area contributed by atoms with Gasteiger partial charge in [-0.25, -0.2) is 5.84 Å². The molecule has 8 heteroatoms. The molecule has 5 nitrogen and oxygen atoms in total. The summed E-state index contributed by atoms with van der Waals surface area (Å²) in [6, 6.07) is 3.95. The Labute approximate surface area is 121 Å². The zero-order chi connectivity index (χ0) is 13.4. The summed E-state index contributed by atoms with van der Waals surface area (Å²) in [5, 5.41) is 2.86. The predicted octanol–water partition coefficient (Wildman–Crippen LogP) is 1.34. The molecule has 0 radical (unpaired) electrons. The number of hydrazine groups is 1. The van der Waals surface area contributed by atoms with Crippen molar-refractivity contribution >= 4 is 40.3 Å². The number of hydrogen-bond donors (Lipinski definition) is 3. The van der Waals surface area contributed by atoms with E-state index < -0.39 is 0 Å². The van der Waals surface area contributed by atoms with Crippen molar-refractivity contribution in [3.63, 3.8) is 0 Å². The van der Waals surface area contributed by atoms with Crippen LogP contribution in [0, 0.1) is 5.92 Å². The minimum atomic E-state index is -0.243. The van der Waals surface area contributed by atoms with E-state index in [0.717, 1.165) is 14.8 Å². The van der Waals surface area contributed by atoms with Crippen LogP contribution < -0.4 is 16.1 Å². The Kier molecular flexibility index (Phi) is 3.48. The number of aromatic nitrogens is 1. The Morgan fingerprint density at radius 1 is 1.53 bits per heavy atom. The number of thiophene rings is 1. The molecule has 0 saturated heterocycles. The molecule has 0 aromatic carbocycles. The third-order valence-electron chi connectivity index (χ3n) is 3.06. The minimum absolute atomic E-state index is 0.0761. The number of nitrogens with two attached hydrogens (primary N) is 1. The molecular weight excluding hydrogens is 302 g/mol. The Morgan fingerprint density at radius 2 is 2.37 bits per heavy atom. The highest BCUT2D eigenvalue weighted by Gasteiger charge is 2.38. The van der Waals surface area contributed by atoms with E-state index in [4.69, 9.17) is 5.84 Å². The normalized spacial score (nSPS) is 21.9. The lowest BCUT2D eigenvalue weighted by Gasteiger charge is -2.28. The fourth-order valence-electron chi connectivity index (χ4n) is 2.22. The van der Waals surface area contributed by atoms with Crippen LogP contribution in [0.25, 0.3) is 0 Å². The first-order valence-electron chi connectivity index (χ1n) is 5.60. The highest BCUT2D eigenvalue weighted by Crippen LogP contribution is 2.46. The molecule has 100 valence electrons. The molecule has 0 aliphatic carbocycles. The summed E-state index contributed by atoms with van der Waals surface area (Å²) in [7, 11) is 0. The van der Waals surface area contributed by atoms with Gasteiger partial charge in [-0.15, -0.1) is 23.1 Å². The van der Waals surface area contributed by atoms with Crippen molar-refractivity contribution in [2.45, 2.75) is 10.9 Å². The van der Waals surface area contributed by atoms with Crippen LogP contribution in [0.4, 0.5) is 0 Å². The van der Waals surface area contributed by atoms with Gasteiger partial charge in [0, 0.05) is 21.4 Å². The fourth-order valence-corrected chi connectivity index (χ4v) is 5.60. The van der Waals surface area contributed by atoms with Crippen LogP contribution in [0.1, 0.15) is 15.7 Å². The van der Waals surface area contributed by atoms with Gasteiger partial charge in [0.1, 0.15) is 0 Å². The SMILES string of the molecule is NNC(=O)C1CSc2[nH]c(=O)sc2C1c1cccs1. The fraction of sp³-hybridized carbons (Fsp3) is 0.273. The Bertz CT molecular complexity index is 646. The van der Waals surface area contributed by atoms with E-state index in [0.29, 0.717) is 5.75 Å².